The van der Waals surface area contributed by atoms with Gasteiger partial charge in [-0.05, 0) is 29.1 Å². The van der Waals surface area contributed by atoms with E-state index in [0.29, 0.717) is 5.75 Å². The van der Waals surface area contributed by atoms with E-state index < -0.39 is 6.15 Å². The molecular weight excluding hydrogens is 527 g/mol. The van der Waals surface area contributed by atoms with Crippen LogP contribution in [0.1, 0.15) is 30.1 Å². The molecule has 0 aliphatic carbocycles. The monoisotopic (exact) mass is 570 g/mol. The number of ether oxygens (including phenoxy) is 3. The molecule has 0 radical (unpaired) electrons. The Morgan fingerprint density at radius 1 is 0.634 bits per heavy atom. The van der Waals surface area contributed by atoms with Gasteiger partial charge in [0.15, 0.2) is 5.75 Å². The largest absolute Gasteiger partial charge is 0.500 e. The summed E-state index contributed by atoms with van der Waals surface area (Å²) >= 11 is 0. The van der Waals surface area contributed by atoms with Crippen molar-refractivity contribution in [3.8, 4) is 17.2 Å². The fourth-order valence-electron chi connectivity index (χ4n) is 5.67. The van der Waals surface area contributed by atoms with Crippen LogP contribution in [0.25, 0.3) is 0 Å². The highest BCUT2D eigenvalue weighted by molar-refractivity contribution is 7.96. The Kier molecular flexibility index (Phi) is 12.4. The fourth-order valence-corrected chi connectivity index (χ4v) is 6.36. The van der Waals surface area contributed by atoms with E-state index in [9.17, 15) is 4.79 Å². The predicted octanol–water partition coefficient (Wildman–Crippen LogP) is 5.73. The number of hydrogen-bond acceptors (Lipinski definition) is 4. The molecule has 4 rings (SSSR count). The Morgan fingerprint density at radius 2 is 1.02 bits per heavy atom. The molecule has 0 amide bonds. The number of methoxy groups -OCH3 is 3. The van der Waals surface area contributed by atoms with Crippen molar-refractivity contribution in [1.29, 1.82) is 0 Å². The molecule has 0 aliphatic heterocycles. The zero-order valence-corrected chi connectivity index (χ0v) is 26.1. The first-order valence-electron chi connectivity index (χ1n) is 14.1. The smallest absolute Gasteiger partial charge is 0.211 e. The Balaban J connectivity index is 0.000000322. The third kappa shape index (κ3) is 7.77. The summed E-state index contributed by atoms with van der Waals surface area (Å²) in [4.78, 5) is 11.5. The zero-order valence-electron chi connectivity index (χ0n) is 25.3. The molecule has 0 N–H and O–H groups in total. The van der Waals surface area contributed by atoms with Gasteiger partial charge in [0.1, 0.15) is 0 Å². The van der Waals surface area contributed by atoms with Crippen molar-refractivity contribution in [2.45, 2.75) is 26.1 Å². The Labute approximate surface area is 249 Å². The maximum Gasteiger partial charge on any atom is 0.211 e. The van der Waals surface area contributed by atoms with E-state index in [-0.39, 0.29) is 16.7 Å². The minimum Gasteiger partial charge on any atom is -0.500 e. The quantitative estimate of drug-likeness (QED) is 0.124. The number of rotatable bonds is 12. The lowest BCUT2D eigenvalue weighted by Crippen LogP contribution is -2.67. The summed E-state index contributed by atoms with van der Waals surface area (Å²) in [5, 5.41) is 0. The van der Waals surface area contributed by atoms with Crippen LogP contribution in [-0.2, 0) is 10.9 Å². The summed E-state index contributed by atoms with van der Waals surface area (Å²) < 4.78 is 17.6. The Morgan fingerprint density at radius 3 is 1.39 bits per heavy atom. The van der Waals surface area contributed by atoms with E-state index in [1.807, 2.05) is 66.7 Å². The van der Waals surface area contributed by atoms with Crippen LogP contribution in [0.5, 0.6) is 17.2 Å². The SMILES string of the molecule is CCCC[B-](c1ccccc1OC)(c1ccccc1OC)c1ccccc1OC.C[S+](C)CC(=O)c1ccccc1. The van der Waals surface area contributed by atoms with Gasteiger partial charge in [-0.25, -0.2) is 0 Å². The lowest BCUT2D eigenvalue weighted by Gasteiger charge is -2.45. The molecule has 0 atom stereocenters. The minimum atomic E-state index is -1.39. The number of carbonyl (C=O) groups excluding carboxylic acids is 1. The first-order chi connectivity index (χ1) is 19.9. The lowest BCUT2D eigenvalue weighted by atomic mass is 9.13. The van der Waals surface area contributed by atoms with Crippen LogP contribution < -0.4 is 30.6 Å². The van der Waals surface area contributed by atoms with Gasteiger partial charge < -0.3 is 14.2 Å². The van der Waals surface area contributed by atoms with Crippen molar-refractivity contribution in [2.75, 3.05) is 39.6 Å². The summed E-state index contributed by atoms with van der Waals surface area (Å²) in [5.74, 6) is 3.59. The third-order valence-electron chi connectivity index (χ3n) is 7.52. The molecule has 0 saturated heterocycles. The van der Waals surface area contributed by atoms with Gasteiger partial charge in [-0.2, -0.15) is 22.7 Å². The first-order valence-corrected chi connectivity index (χ1v) is 16.3. The van der Waals surface area contributed by atoms with Crippen molar-refractivity contribution in [3.05, 3.63) is 109 Å². The van der Waals surface area contributed by atoms with Crippen LogP contribution in [0.4, 0.5) is 0 Å². The highest BCUT2D eigenvalue weighted by Crippen LogP contribution is 2.27. The molecule has 0 heterocycles. The van der Waals surface area contributed by atoms with Crippen LogP contribution in [-0.4, -0.2) is 51.5 Å². The van der Waals surface area contributed by atoms with Crippen LogP contribution in [0.2, 0.25) is 6.32 Å². The van der Waals surface area contributed by atoms with Crippen LogP contribution in [0.15, 0.2) is 103 Å². The molecule has 4 nitrogen and oxygen atoms in total. The number of unbranched alkanes of at least 4 members (excludes halogenated alkanes) is 1. The van der Waals surface area contributed by atoms with E-state index in [1.54, 1.807) is 21.3 Å². The van der Waals surface area contributed by atoms with Gasteiger partial charge in [0.25, 0.3) is 0 Å². The van der Waals surface area contributed by atoms with E-state index in [4.69, 9.17) is 14.2 Å². The van der Waals surface area contributed by atoms with Gasteiger partial charge in [-0.3, -0.25) is 4.79 Å². The van der Waals surface area contributed by atoms with Crippen molar-refractivity contribution >= 4 is 39.2 Å². The predicted molar refractivity (Wildman–Crippen MR) is 178 cm³/mol. The molecule has 6 heteroatoms. The second kappa shape index (κ2) is 16.0. The zero-order chi connectivity index (χ0) is 29.7. The molecule has 0 spiro atoms. The fraction of sp³-hybridized carbons (Fsp3) is 0.286. The maximum atomic E-state index is 11.5. The second-order valence-electron chi connectivity index (χ2n) is 10.3. The standard InChI is InChI=1S/C25H30BO3.C10H13OS/c1-5-6-19-26(20-13-7-10-16-23(20)27-2,21-14-8-11-17-24(21)28-3)22-15-9-12-18-25(22)29-4;1-12(2)8-10(11)9-6-4-3-5-7-9/h7-18H,5-6,19H2,1-4H3;3-7H,8H2,1-2H3/q-1;+1. The van der Waals surface area contributed by atoms with E-state index in [1.165, 1.54) is 16.4 Å². The normalized spacial score (nSPS) is 10.9. The van der Waals surface area contributed by atoms with Crippen molar-refractivity contribution in [2.24, 2.45) is 0 Å². The summed E-state index contributed by atoms with van der Waals surface area (Å²) in [6.45, 7) is 2.23. The third-order valence-corrected chi connectivity index (χ3v) is 8.36. The van der Waals surface area contributed by atoms with Crippen molar-refractivity contribution < 1.29 is 19.0 Å². The Bertz CT molecular complexity index is 1260. The van der Waals surface area contributed by atoms with E-state index in [0.717, 1.165) is 42.0 Å². The number of benzene rings is 4. The molecule has 0 unspecified atom stereocenters. The molecule has 4 aromatic rings. The summed E-state index contributed by atoms with van der Waals surface area (Å²) in [6.07, 6.45) is 5.92. The number of hydrogen-bond donors (Lipinski definition) is 0. The average molecular weight is 571 g/mol. The average Bonchev–Trinajstić information content (AvgIpc) is 3.02. The summed E-state index contributed by atoms with van der Waals surface area (Å²) in [6, 6.07) is 34.5. The number of Topliss-reactive ketones (excluding diaryl/α,β-unsaturated/α-hetero) is 1. The topological polar surface area (TPSA) is 44.8 Å². The Hall–Kier alpha value is -3.64. The second-order valence-corrected chi connectivity index (χ2v) is 12.6. The molecule has 0 bridgehead atoms. The van der Waals surface area contributed by atoms with Crippen molar-refractivity contribution in [1.82, 2.24) is 0 Å². The summed E-state index contributed by atoms with van der Waals surface area (Å²) in [7, 11) is 5.42. The first kappa shape index (κ1) is 31.9. The van der Waals surface area contributed by atoms with Gasteiger partial charge in [-0.1, -0.05) is 105 Å². The minimum absolute atomic E-state index is 0.204. The highest BCUT2D eigenvalue weighted by atomic mass is 32.2. The van der Waals surface area contributed by atoms with Crippen molar-refractivity contribution in [3.63, 3.8) is 0 Å². The van der Waals surface area contributed by atoms with Gasteiger partial charge in [0.2, 0.25) is 5.78 Å². The van der Waals surface area contributed by atoms with Crippen LogP contribution in [0.3, 0.4) is 0 Å². The highest BCUT2D eigenvalue weighted by Gasteiger charge is 2.35. The molecule has 0 aromatic heterocycles. The molecule has 4 aromatic carbocycles. The van der Waals surface area contributed by atoms with Crippen LogP contribution >= 0.6 is 0 Å². The number of ketones is 1. The van der Waals surface area contributed by atoms with E-state index >= 15 is 0 Å². The van der Waals surface area contributed by atoms with E-state index in [2.05, 4.69) is 55.8 Å². The van der Waals surface area contributed by atoms with Gasteiger partial charge in [0, 0.05) is 5.56 Å². The molecule has 0 saturated carbocycles. The molecular formula is C35H43BO4S. The number of para-hydroxylation sites is 3. The van der Waals surface area contributed by atoms with Gasteiger partial charge >= 0.3 is 0 Å². The van der Waals surface area contributed by atoms with Crippen LogP contribution in [0, 0.1) is 0 Å². The molecule has 41 heavy (non-hydrogen) atoms. The maximum absolute atomic E-state index is 11.5. The summed E-state index contributed by atoms with van der Waals surface area (Å²) in [5.41, 5.74) is 4.37. The molecule has 0 aliphatic rings. The molecule has 0 fully saturated rings. The molecule has 216 valence electrons. The van der Waals surface area contributed by atoms with Gasteiger partial charge in [0.05, 0.1) is 57.2 Å². The lowest BCUT2D eigenvalue weighted by molar-refractivity contribution is 0.102. The number of carbonyl (C=O) groups is 1. The van der Waals surface area contributed by atoms with Gasteiger partial charge in [-0.15, -0.1) is 0 Å².